The van der Waals surface area contributed by atoms with Crippen LogP contribution >= 0.6 is 0 Å². The first-order chi connectivity index (χ1) is 20.0. The molecule has 0 radical (unpaired) electrons. The number of nitro groups is 1. The predicted molar refractivity (Wildman–Crippen MR) is 154 cm³/mol. The van der Waals surface area contributed by atoms with E-state index in [-0.39, 0.29) is 42.3 Å². The molecule has 10 heteroatoms. The van der Waals surface area contributed by atoms with Crippen LogP contribution in [0.3, 0.4) is 0 Å². The molecule has 2 heterocycles. The molecule has 0 saturated heterocycles. The van der Waals surface area contributed by atoms with Crippen LogP contribution in [0.2, 0.25) is 0 Å². The second-order valence-corrected chi connectivity index (χ2v) is 10.1. The topological polar surface area (TPSA) is 136 Å². The number of nitrogens with one attached hydrogen (secondary N) is 2. The van der Waals surface area contributed by atoms with Crippen molar-refractivity contribution in [3.05, 3.63) is 99.4 Å². The van der Waals surface area contributed by atoms with E-state index in [1.807, 2.05) is 13.0 Å². The van der Waals surface area contributed by atoms with E-state index < -0.39 is 11.2 Å². The van der Waals surface area contributed by atoms with Crippen molar-refractivity contribution in [2.24, 2.45) is 5.92 Å². The molecule has 1 amide bonds. The van der Waals surface area contributed by atoms with Gasteiger partial charge in [0.15, 0.2) is 5.76 Å². The lowest BCUT2D eigenvalue weighted by Gasteiger charge is -2.37. The maximum atomic E-state index is 13.3. The zero-order chi connectivity index (χ0) is 28.8. The van der Waals surface area contributed by atoms with Gasteiger partial charge in [-0.15, -0.1) is 0 Å². The number of carbonyl (C=O) groups excluding carboxylic acids is 1. The number of amides is 1. The lowest BCUT2D eigenvalue weighted by atomic mass is 9.78. The van der Waals surface area contributed by atoms with Crippen molar-refractivity contribution in [2.45, 2.75) is 38.4 Å². The quantitative estimate of drug-likeness (QED) is 0.131. The molecular weight excluding hydrogens is 524 g/mol. The number of aromatic nitrogens is 1. The monoisotopic (exact) mass is 558 g/mol. The highest BCUT2D eigenvalue weighted by molar-refractivity contribution is 5.92. The van der Waals surface area contributed by atoms with E-state index in [0.717, 1.165) is 12.0 Å². The Hall–Kier alpha value is -4.28. The highest BCUT2D eigenvalue weighted by Gasteiger charge is 2.39. The fourth-order valence-corrected chi connectivity index (χ4v) is 5.67. The summed E-state index contributed by atoms with van der Waals surface area (Å²) in [7, 11) is 0. The van der Waals surface area contributed by atoms with Crippen molar-refractivity contribution in [3.63, 3.8) is 0 Å². The smallest absolute Gasteiger partial charge is 0.287 e. The van der Waals surface area contributed by atoms with Crippen LogP contribution in [0.1, 0.15) is 42.4 Å². The number of aliphatic hydroxyl groups excluding tert-OH is 1. The molecule has 3 atom stereocenters. The molecule has 5 rings (SSSR count). The first-order valence-corrected chi connectivity index (χ1v) is 13.9. The third kappa shape index (κ3) is 6.23. The van der Waals surface area contributed by atoms with Crippen LogP contribution in [0.4, 0.5) is 11.5 Å². The maximum absolute atomic E-state index is 13.3. The van der Waals surface area contributed by atoms with E-state index in [1.54, 1.807) is 0 Å². The van der Waals surface area contributed by atoms with Gasteiger partial charge in [-0.2, -0.15) is 0 Å². The Balaban J connectivity index is 1.35. The fourth-order valence-electron chi connectivity index (χ4n) is 5.67. The molecule has 10 nitrogen and oxygen atoms in total. The lowest BCUT2D eigenvalue weighted by molar-refractivity contribution is -0.385. The number of allylic oxidation sites excluding steroid dienone is 1. The Labute approximate surface area is 238 Å². The van der Waals surface area contributed by atoms with Crippen molar-refractivity contribution in [1.29, 1.82) is 0 Å². The number of anilines is 1. The van der Waals surface area contributed by atoms with Gasteiger partial charge in [0.05, 0.1) is 4.92 Å². The van der Waals surface area contributed by atoms with E-state index in [9.17, 15) is 20.0 Å². The molecule has 0 spiro atoms. The first-order valence-electron chi connectivity index (χ1n) is 13.9. The Morgan fingerprint density at radius 3 is 2.73 bits per heavy atom. The fraction of sp³-hybridized carbons (Fsp3) is 0.355. The standard InChI is InChI=1S/C31H34N4O6/c1-2-40-31-25(11-6-16-36)27(24-10-5-9-23-22-8-4-3-7-20(22)17-26(23)24)18-28(41-31)30(37)33-15-14-32-29-13-12-21(19-34-29)35(38)39/h3-5,7-10,12-13,18-19,25,27,31,36H,2,6,11,14-17H2,1H3,(H,32,34)(H,33,37)/t25-,27+,31+/m1/s1. The normalized spacial score (nSPS) is 19.0. The van der Waals surface area contributed by atoms with Gasteiger partial charge in [0, 0.05) is 44.2 Å². The highest BCUT2D eigenvalue weighted by Crippen LogP contribution is 2.45. The summed E-state index contributed by atoms with van der Waals surface area (Å²) >= 11 is 0. The number of hydrogen-bond donors (Lipinski definition) is 3. The summed E-state index contributed by atoms with van der Waals surface area (Å²) in [4.78, 5) is 27.6. The average molecular weight is 559 g/mol. The number of hydrogen-bond acceptors (Lipinski definition) is 8. The minimum Gasteiger partial charge on any atom is -0.459 e. The van der Waals surface area contributed by atoms with Crippen LogP contribution < -0.4 is 10.6 Å². The van der Waals surface area contributed by atoms with E-state index in [0.29, 0.717) is 31.8 Å². The number of rotatable bonds is 12. The van der Waals surface area contributed by atoms with E-state index in [4.69, 9.17) is 9.47 Å². The number of fused-ring (bicyclic) bond motifs is 3. The van der Waals surface area contributed by atoms with Crippen molar-refractivity contribution in [3.8, 4) is 11.1 Å². The largest absolute Gasteiger partial charge is 0.459 e. The second-order valence-electron chi connectivity index (χ2n) is 10.1. The van der Waals surface area contributed by atoms with Gasteiger partial charge >= 0.3 is 0 Å². The van der Waals surface area contributed by atoms with Gasteiger partial charge in [0.1, 0.15) is 12.0 Å². The molecule has 41 heavy (non-hydrogen) atoms. The first kappa shape index (κ1) is 28.3. The van der Waals surface area contributed by atoms with Crippen molar-refractivity contribution in [2.75, 3.05) is 31.6 Å². The second kappa shape index (κ2) is 12.9. The van der Waals surface area contributed by atoms with Crippen LogP contribution in [0, 0.1) is 16.0 Å². The Bertz CT molecular complexity index is 1420. The molecule has 2 aromatic carbocycles. The van der Waals surface area contributed by atoms with E-state index >= 15 is 0 Å². The molecule has 0 unspecified atom stereocenters. The molecule has 0 bridgehead atoms. The number of ether oxygens (including phenoxy) is 2. The van der Waals surface area contributed by atoms with Gasteiger partial charge in [-0.25, -0.2) is 4.98 Å². The van der Waals surface area contributed by atoms with Crippen molar-refractivity contribution in [1.82, 2.24) is 10.3 Å². The molecular formula is C31H34N4O6. The van der Waals surface area contributed by atoms with Gasteiger partial charge in [-0.3, -0.25) is 14.9 Å². The SMILES string of the molecule is CCO[C@H]1OC(C(=O)NCCNc2ccc([N+](=O)[O-])cn2)=C[C@@H](c2cccc3c2Cc2ccccc2-3)[C@H]1CCCO. The predicted octanol–water partition coefficient (Wildman–Crippen LogP) is 4.54. The summed E-state index contributed by atoms with van der Waals surface area (Å²) < 4.78 is 12.2. The van der Waals surface area contributed by atoms with Gasteiger partial charge in [0.2, 0.25) is 6.29 Å². The maximum Gasteiger partial charge on any atom is 0.287 e. The number of benzene rings is 2. The molecule has 3 aromatic rings. The summed E-state index contributed by atoms with van der Waals surface area (Å²) in [5.74, 6) is 0.105. The van der Waals surface area contributed by atoms with Crippen molar-refractivity contribution >= 4 is 17.4 Å². The van der Waals surface area contributed by atoms with E-state index in [1.165, 1.54) is 40.6 Å². The molecule has 0 fully saturated rings. The van der Waals surface area contributed by atoms with Gasteiger partial charge in [-0.05, 0) is 66.1 Å². The number of pyridine rings is 1. The van der Waals surface area contributed by atoms with Gasteiger partial charge in [-0.1, -0.05) is 42.5 Å². The van der Waals surface area contributed by atoms with Crippen LogP contribution in [0.25, 0.3) is 11.1 Å². The summed E-state index contributed by atoms with van der Waals surface area (Å²) in [5, 5.41) is 26.4. The summed E-state index contributed by atoms with van der Waals surface area (Å²) in [6.45, 7) is 3.03. The Kier molecular flexibility index (Phi) is 8.91. The molecule has 1 aromatic heterocycles. The molecule has 214 valence electrons. The third-order valence-electron chi connectivity index (χ3n) is 7.56. The summed E-state index contributed by atoms with van der Waals surface area (Å²) in [6.07, 6.45) is 4.55. The number of nitrogens with zero attached hydrogens (tertiary/aromatic N) is 2. The molecule has 1 aliphatic heterocycles. The number of carbonyl (C=O) groups is 1. The van der Waals surface area contributed by atoms with Crippen LogP contribution in [0.15, 0.2) is 72.6 Å². The summed E-state index contributed by atoms with van der Waals surface area (Å²) in [5.41, 5.74) is 6.04. The molecule has 0 saturated carbocycles. The highest BCUT2D eigenvalue weighted by atomic mass is 16.7. The Morgan fingerprint density at radius 1 is 1.15 bits per heavy atom. The van der Waals surface area contributed by atoms with Crippen molar-refractivity contribution < 1.29 is 24.3 Å². The zero-order valence-corrected chi connectivity index (χ0v) is 22.9. The van der Waals surface area contributed by atoms with Crippen LogP contribution in [-0.4, -0.2) is 53.5 Å². The average Bonchev–Trinajstić information content (AvgIpc) is 3.37. The van der Waals surface area contributed by atoms with Gasteiger partial charge < -0.3 is 25.2 Å². The van der Waals surface area contributed by atoms with Crippen LogP contribution in [0.5, 0.6) is 0 Å². The lowest BCUT2D eigenvalue weighted by Crippen LogP contribution is -2.40. The zero-order valence-electron chi connectivity index (χ0n) is 22.9. The molecule has 1 aliphatic carbocycles. The Morgan fingerprint density at radius 2 is 1.98 bits per heavy atom. The minimum atomic E-state index is -0.635. The van der Waals surface area contributed by atoms with Gasteiger partial charge in [0.25, 0.3) is 11.6 Å². The van der Waals surface area contributed by atoms with E-state index in [2.05, 4.69) is 58.1 Å². The number of aliphatic hydroxyl groups is 1. The molecule has 2 aliphatic rings. The third-order valence-corrected chi connectivity index (χ3v) is 7.56. The molecule has 3 N–H and O–H groups in total. The summed E-state index contributed by atoms with van der Waals surface area (Å²) in [6, 6.07) is 17.7. The minimum absolute atomic E-state index is 0.0636. The van der Waals surface area contributed by atoms with Crippen LogP contribution in [-0.2, 0) is 20.7 Å².